The van der Waals surface area contributed by atoms with Crippen molar-refractivity contribution in [2.75, 3.05) is 7.11 Å². The summed E-state index contributed by atoms with van der Waals surface area (Å²) in [7, 11) is 1.61. The van der Waals surface area contributed by atoms with Crippen molar-refractivity contribution < 1.29 is 9.53 Å². The number of ether oxygens (including phenoxy) is 1. The number of carbonyl (C=O) groups is 1. The zero-order valence-electron chi connectivity index (χ0n) is 10.8. The molecule has 1 N–H and O–H groups in total. The molecule has 0 radical (unpaired) electrons. The topological polar surface area (TPSA) is 50.7 Å². The second-order valence-corrected chi connectivity index (χ2v) is 4.42. The van der Waals surface area contributed by atoms with Gasteiger partial charge in [0.25, 0.3) is 5.91 Å². The number of amides is 1. The lowest BCUT2D eigenvalue weighted by Gasteiger charge is -2.00. The van der Waals surface area contributed by atoms with Crippen LogP contribution in [0, 0.1) is 0 Å². The SMILES string of the molecule is COc1ccc(/C=N/NC(=O)c2ccc(Cl)cc2)cc1. The van der Waals surface area contributed by atoms with E-state index in [-0.39, 0.29) is 5.91 Å². The van der Waals surface area contributed by atoms with E-state index >= 15 is 0 Å². The van der Waals surface area contributed by atoms with Crippen LogP contribution in [0.4, 0.5) is 0 Å². The molecule has 1 amide bonds. The molecule has 2 rings (SSSR count). The molecule has 20 heavy (non-hydrogen) atoms. The Hall–Kier alpha value is -2.33. The van der Waals surface area contributed by atoms with Crippen LogP contribution in [0.3, 0.4) is 0 Å². The Labute approximate surface area is 122 Å². The number of nitrogens with zero attached hydrogens (tertiary/aromatic N) is 1. The van der Waals surface area contributed by atoms with Gasteiger partial charge < -0.3 is 4.74 Å². The summed E-state index contributed by atoms with van der Waals surface area (Å²) in [6.45, 7) is 0. The van der Waals surface area contributed by atoms with Gasteiger partial charge in [0.1, 0.15) is 5.75 Å². The van der Waals surface area contributed by atoms with Gasteiger partial charge in [0.2, 0.25) is 0 Å². The molecular weight excluding hydrogens is 276 g/mol. The predicted molar refractivity (Wildman–Crippen MR) is 79.5 cm³/mol. The summed E-state index contributed by atoms with van der Waals surface area (Å²) in [5.41, 5.74) is 3.82. The van der Waals surface area contributed by atoms with Crippen molar-refractivity contribution in [2.45, 2.75) is 0 Å². The van der Waals surface area contributed by atoms with Crippen LogP contribution in [0.15, 0.2) is 53.6 Å². The molecule has 0 unspecified atom stereocenters. The average Bonchev–Trinajstić information content (AvgIpc) is 2.48. The summed E-state index contributed by atoms with van der Waals surface area (Å²) >= 11 is 5.75. The highest BCUT2D eigenvalue weighted by molar-refractivity contribution is 6.30. The summed E-state index contributed by atoms with van der Waals surface area (Å²) in [6.07, 6.45) is 1.56. The van der Waals surface area contributed by atoms with Gasteiger partial charge in [0, 0.05) is 10.6 Å². The van der Waals surface area contributed by atoms with E-state index in [0.717, 1.165) is 11.3 Å². The maximum Gasteiger partial charge on any atom is 0.271 e. The zero-order valence-corrected chi connectivity index (χ0v) is 11.6. The molecule has 2 aromatic rings. The summed E-state index contributed by atoms with van der Waals surface area (Å²) in [6, 6.07) is 13.9. The quantitative estimate of drug-likeness (QED) is 0.694. The van der Waals surface area contributed by atoms with E-state index in [0.29, 0.717) is 10.6 Å². The Kier molecular flexibility index (Phi) is 4.74. The van der Waals surface area contributed by atoms with Crippen LogP contribution in [0.2, 0.25) is 5.02 Å². The van der Waals surface area contributed by atoms with E-state index in [2.05, 4.69) is 10.5 Å². The molecule has 0 atom stereocenters. The number of halogens is 1. The molecule has 0 aliphatic carbocycles. The van der Waals surface area contributed by atoms with Crippen molar-refractivity contribution in [1.82, 2.24) is 5.43 Å². The van der Waals surface area contributed by atoms with Gasteiger partial charge in [-0.25, -0.2) is 5.43 Å². The van der Waals surface area contributed by atoms with Crippen molar-refractivity contribution in [2.24, 2.45) is 5.10 Å². The third-order valence-corrected chi connectivity index (χ3v) is 2.85. The molecule has 0 aliphatic rings. The van der Waals surface area contributed by atoms with E-state index in [9.17, 15) is 4.79 Å². The molecule has 2 aromatic carbocycles. The van der Waals surface area contributed by atoms with Gasteiger partial charge in [0.15, 0.2) is 0 Å². The number of rotatable bonds is 4. The van der Waals surface area contributed by atoms with Crippen LogP contribution in [-0.2, 0) is 0 Å². The van der Waals surface area contributed by atoms with Crippen molar-refractivity contribution >= 4 is 23.7 Å². The molecule has 102 valence electrons. The van der Waals surface area contributed by atoms with Crippen molar-refractivity contribution in [1.29, 1.82) is 0 Å². The average molecular weight is 289 g/mol. The number of methoxy groups -OCH3 is 1. The molecule has 0 aliphatic heterocycles. The molecule has 0 heterocycles. The lowest BCUT2D eigenvalue weighted by molar-refractivity contribution is 0.0955. The van der Waals surface area contributed by atoms with E-state index in [4.69, 9.17) is 16.3 Å². The summed E-state index contributed by atoms with van der Waals surface area (Å²) in [5.74, 6) is 0.485. The van der Waals surface area contributed by atoms with Crippen LogP contribution in [0.25, 0.3) is 0 Å². The number of carbonyl (C=O) groups excluding carboxylic acids is 1. The third kappa shape index (κ3) is 3.83. The molecule has 5 heteroatoms. The van der Waals surface area contributed by atoms with E-state index in [1.165, 1.54) is 0 Å². The number of benzene rings is 2. The van der Waals surface area contributed by atoms with Gasteiger partial charge in [-0.2, -0.15) is 5.10 Å². The number of hydrazone groups is 1. The van der Waals surface area contributed by atoms with Crippen LogP contribution in [-0.4, -0.2) is 19.2 Å². The Bertz CT molecular complexity index is 607. The van der Waals surface area contributed by atoms with Crippen molar-refractivity contribution in [3.8, 4) is 5.75 Å². The smallest absolute Gasteiger partial charge is 0.271 e. The first kappa shape index (κ1) is 14.1. The molecule has 0 aromatic heterocycles. The molecule has 4 nitrogen and oxygen atoms in total. The maximum atomic E-state index is 11.8. The second kappa shape index (κ2) is 6.73. The molecule has 0 saturated carbocycles. The minimum atomic E-state index is -0.286. The van der Waals surface area contributed by atoms with E-state index < -0.39 is 0 Å². The summed E-state index contributed by atoms with van der Waals surface area (Å²) in [4.78, 5) is 11.8. The van der Waals surface area contributed by atoms with Gasteiger partial charge >= 0.3 is 0 Å². The van der Waals surface area contributed by atoms with Crippen LogP contribution >= 0.6 is 11.6 Å². The number of hydrogen-bond donors (Lipinski definition) is 1. The first-order valence-electron chi connectivity index (χ1n) is 5.92. The van der Waals surface area contributed by atoms with Crippen molar-refractivity contribution in [3.63, 3.8) is 0 Å². The highest BCUT2D eigenvalue weighted by Crippen LogP contribution is 2.10. The Morgan fingerprint density at radius 2 is 1.80 bits per heavy atom. The van der Waals surface area contributed by atoms with Crippen LogP contribution < -0.4 is 10.2 Å². The lowest BCUT2D eigenvalue weighted by atomic mass is 10.2. The summed E-state index contributed by atoms with van der Waals surface area (Å²) in [5, 5.41) is 4.48. The Morgan fingerprint density at radius 3 is 2.40 bits per heavy atom. The maximum absolute atomic E-state index is 11.8. The first-order valence-corrected chi connectivity index (χ1v) is 6.30. The molecule has 0 bridgehead atoms. The largest absolute Gasteiger partial charge is 0.497 e. The normalized spacial score (nSPS) is 10.5. The molecule has 0 fully saturated rings. The molecular formula is C15H13ClN2O2. The van der Waals surface area contributed by atoms with Gasteiger partial charge in [-0.3, -0.25) is 4.79 Å². The van der Waals surface area contributed by atoms with Gasteiger partial charge in [-0.1, -0.05) is 11.6 Å². The second-order valence-electron chi connectivity index (χ2n) is 3.98. The predicted octanol–water partition coefficient (Wildman–Crippen LogP) is 3.11. The van der Waals surface area contributed by atoms with E-state index in [1.54, 1.807) is 37.6 Å². The zero-order chi connectivity index (χ0) is 14.4. The summed E-state index contributed by atoms with van der Waals surface area (Å²) < 4.78 is 5.05. The number of nitrogens with one attached hydrogen (secondary N) is 1. The van der Waals surface area contributed by atoms with Gasteiger partial charge in [-0.15, -0.1) is 0 Å². The third-order valence-electron chi connectivity index (χ3n) is 2.60. The lowest BCUT2D eigenvalue weighted by Crippen LogP contribution is -2.17. The van der Waals surface area contributed by atoms with Crippen molar-refractivity contribution in [3.05, 3.63) is 64.7 Å². The first-order chi connectivity index (χ1) is 9.69. The minimum Gasteiger partial charge on any atom is -0.497 e. The monoisotopic (exact) mass is 288 g/mol. The highest BCUT2D eigenvalue weighted by atomic mass is 35.5. The van der Waals surface area contributed by atoms with Gasteiger partial charge in [-0.05, 0) is 54.1 Å². The minimum absolute atomic E-state index is 0.286. The highest BCUT2D eigenvalue weighted by Gasteiger charge is 2.02. The molecule has 0 spiro atoms. The van der Waals surface area contributed by atoms with Crippen LogP contribution in [0.1, 0.15) is 15.9 Å². The molecule has 0 saturated heterocycles. The fourth-order valence-corrected chi connectivity index (χ4v) is 1.65. The van der Waals surface area contributed by atoms with Gasteiger partial charge in [0.05, 0.1) is 13.3 Å². The fourth-order valence-electron chi connectivity index (χ4n) is 1.52. The Balaban J connectivity index is 1.95. The van der Waals surface area contributed by atoms with Crippen LogP contribution in [0.5, 0.6) is 5.75 Å². The fraction of sp³-hybridized carbons (Fsp3) is 0.0667. The van der Waals surface area contributed by atoms with E-state index in [1.807, 2.05) is 24.3 Å². The number of hydrogen-bond acceptors (Lipinski definition) is 3. The Morgan fingerprint density at radius 1 is 1.15 bits per heavy atom. The standard InChI is InChI=1S/C15H13ClN2O2/c1-20-14-8-2-11(3-9-14)10-17-18-15(19)12-4-6-13(16)7-5-12/h2-10H,1H3,(H,18,19)/b17-10+.